The van der Waals surface area contributed by atoms with E-state index in [-0.39, 0.29) is 5.69 Å². The Morgan fingerprint density at radius 3 is 2.41 bits per heavy atom. The number of hydrogen-bond donors (Lipinski definition) is 2. The van der Waals surface area contributed by atoms with Crippen LogP contribution in [0.25, 0.3) is 0 Å². The van der Waals surface area contributed by atoms with E-state index in [9.17, 15) is 4.79 Å². The highest BCUT2D eigenvalue weighted by Crippen LogP contribution is 2.39. The largest absolute Gasteiger partial charge is 0.493 e. The zero-order valence-corrected chi connectivity index (χ0v) is 16.3. The molecule has 0 spiro atoms. The summed E-state index contributed by atoms with van der Waals surface area (Å²) in [7, 11) is 4.53. The fourth-order valence-corrected chi connectivity index (χ4v) is 2.60. The van der Waals surface area contributed by atoms with Crippen molar-refractivity contribution in [3.05, 3.63) is 60.2 Å². The quantitative estimate of drug-likeness (QED) is 0.600. The van der Waals surface area contributed by atoms with E-state index < -0.39 is 5.91 Å². The van der Waals surface area contributed by atoms with Crippen molar-refractivity contribution in [3.63, 3.8) is 0 Å². The highest BCUT2D eigenvalue weighted by Gasteiger charge is 2.16. The first-order chi connectivity index (χ1) is 14.1. The van der Waals surface area contributed by atoms with Gasteiger partial charge in [-0.05, 0) is 17.7 Å². The number of aromatic nitrogens is 3. The summed E-state index contributed by atoms with van der Waals surface area (Å²) in [5.74, 6) is 1.25. The van der Waals surface area contributed by atoms with Gasteiger partial charge in [0.25, 0.3) is 5.91 Å². The molecule has 0 unspecified atom stereocenters. The molecule has 1 aromatic carbocycles. The lowest BCUT2D eigenvalue weighted by atomic mass is 10.2. The van der Waals surface area contributed by atoms with Gasteiger partial charge in [0.1, 0.15) is 5.69 Å². The summed E-state index contributed by atoms with van der Waals surface area (Å²) in [6.45, 7) is 0.492. The van der Waals surface area contributed by atoms with Crippen LogP contribution in [0, 0.1) is 0 Å². The van der Waals surface area contributed by atoms with Gasteiger partial charge in [-0.3, -0.25) is 9.78 Å². The lowest BCUT2D eigenvalue weighted by Gasteiger charge is -2.14. The van der Waals surface area contributed by atoms with Crippen molar-refractivity contribution in [3.8, 4) is 17.2 Å². The standard InChI is InChI=1S/C20H21N5O4/c1-27-16-9-14(10-17(28-2)18(16)29-3)24-19(26)15-6-8-22-20(25-15)23-12-13-5-4-7-21-11-13/h4-11H,12H2,1-3H3,(H,24,26)(H,22,23,25). The van der Waals surface area contributed by atoms with Gasteiger partial charge < -0.3 is 24.8 Å². The summed E-state index contributed by atoms with van der Waals surface area (Å²) in [4.78, 5) is 25.1. The van der Waals surface area contributed by atoms with Crippen molar-refractivity contribution in [1.29, 1.82) is 0 Å². The van der Waals surface area contributed by atoms with Crippen LogP contribution in [0.2, 0.25) is 0 Å². The molecule has 3 rings (SSSR count). The van der Waals surface area contributed by atoms with Gasteiger partial charge in [0, 0.05) is 43.0 Å². The van der Waals surface area contributed by atoms with E-state index in [1.807, 2.05) is 12.1 Å². The van der Waals surface area contributed by atoms with Gasteiger partial charge in [-0.15, -0.1) is 0 Å². The van der Waals surface area contributed by atoms with Crippen LogP contribution in [0.15, 0.2) is 48.9 Å². The van der Waals surface area contributed by atoms with Crippen molar-refractivity contribution < 1.29 is 19.0 Å². The molecule has 2 aromatic heterocycles. The molecule has 0 aliphatic rings. The Bertz CT molecular complexity index is 957. The average molecular weight is 395 g/mol. The van der Waals surface area contributed by atoms with Gasteiger partial charge in [0.15, 0.2) is 11.5 Å². The SMILES string of the molecule is COc1cc(NC(=O)c2ccnc(NCc3cccnc3)n2)cc(OC)c1OC. The smallest absolute Gasteiger partial charge is 0.274 e. The number of nitrogens with zero attached hydrogens (tertiary/aromatic N) is 3. The van der Waals surface area contributed by atoms with Crippen LogP contribution in [0.1, 0.15) is 16.1 Å². The molecule has 0 bridgehead atoms. The van der Waals surface area contributed by atoms with Gasteiger partial charge >= 0.3 is 0 Å². The summed E-state index contributed by atoms with van der Waals surface area (Å²) >= 11 is 0. The number of nitrogens with one attached hydrogen (secondary N) is 2. The summed E-state index contributed by atoms with van der Waals surface area (Å²) in [6.07, 6.45) is 4.96. The number of methoxy groups -OCH3 is 3. The number of rotatable bonds is 8. The summed E-state index contributed by atoms with van der Waals surface area (Å²) in [5, 5.41) is 5.85. The van der Waals surface area contributed by atoms with Gasteiger partial charge in [-0.1, -0.05) is 6.07 Å². The third kappa shape index (κ3) is 4.89. The van der Waals surface area contributed by atoms with Crippen molar-refractivity contribution in [2.24, 2.45) is 0 Å². The molecule has 2 N–H and O–H groups in total. The molecule has 0 aliphatic heterocycles. The zero-order valence-electron chi connectivity index (χ0n) is 16.3. The maximum absolute atomic E-state index is 12.6. The number of carbonyl (C=O) groups is 1. The van der Waals surface area contributed by atoms with E-state index in [1.165, 1.54) is 33.6 Å². The van der Waals surface area contributed by atoms with E-state index in [1.54, 1.807) is 24.5 Å². The minimum atomic E-state index is -0.397. The molecule has 3 aromatic rings. The molecule has 0 atom stereocenters. The Kier molecular flexibility index (Phi) is 6.41. The van der Waals surface area contributed by atoms with E-state index in [2.05, 4.69) is 25.6 Å². The first-order valence-electron chi connectivity index (χ1n) is 8.71. The lowest BCUT2D eigenvalue weighted by molar-refractivity contribution is 0.102. The van der Waals surface area contributed by atoms with Crippen molar-refractivity contribution in [2.45, 2.75) is 6.54 Å². The third-order valence-corrected chi connectivity index (χ3v) is 3.98. The Labute approximate surface area is 168 Å². The predicted molar refractivity (Wildman–Crippen MR) is 108 cm³/mol. The summed E-state index contributed by atoms with van der Waals surface area (Å²) < 4.78 is 15.9. The Balaban J connectivity index is 1.74. The number of anilines is 2. The molecule has 0 saturated carbocycles. The second-order valence-electron chi connectivity index (χ2n) is 5.85. The molecule has 0 fully saturated rings. The monoisotopic (exact) mass is 395 g/mol. The van der Waals surface area contributed by atoms with Crippen LogP contribution < -0.4 is 24.8 Å². The molecular weight excluding hydrogens is 374 g/mol. The maximum atomic E-state index is 12.6. The molecular formula is C20H21N5O4. The number of pyridine rings is 1. The van der Waals surface area contributed by atoms with Crippen molar-refractivity contribution >= 4 is 17.5 Å². The van der Waals surface area contributed by atoms with Crippen LogP contribution in [-0.2, 0) is 6.54 Å². The van der Waals surface area contributed by atoms with E-state index >= 15 is 0 Å². The maximum Gasteiger partial charge on any atom is 0.274 e. The lowest BCUT2D eigenvalue weighted by Crippen LogP contribution is -2.15. The second-order valence-corrected chi connectivity index (χ2v) is 5.85. The average Bonchev–Trinajstić information content (AvgIpc) is 2.77. The molecule has 150 valence electrons. The van der Waals surface area contributed by atoms with Crippen LogP contribution in [0.3, 0.4) is 0 Å². The summed E-state index contributed by atoms with van der Waals surface area (Å²) in [5.41, 5.74) is 1.67. The van der Waals surface area contributed by atoms with Gasteiger partial charge in [0.05, 0.1) is 21.3 Å². The van der Waals surface area contributed by atoms with Crippen LogP contribution >= 0.6 is 0 Å². The number of ether oxygens (including phenoxy) is 3. The number of hydrogen-bond acceptors (Lipinski definition) is 8. The fraction of sp³-hybridized carbons (Fsp3) is 0.200. The zero-order chi connectivity index (χ0) is 20.6. The molecule has 9 nitrogen and oxygen atoms in total. The molecule has 0 aliphatic carbocycles. The van der Waals surface area contributed by atoms with Gasteiger partial charge in [0.2, 0.25) is 11.7 Å². The molecule has 0 saturated heterocycles. The Hall–Kier alpha value is -3.88. The summed E-state index contributed by atoms with van der Waals surface area (Å²) in [6, 6.07) is 8.59. The van der Waals surface area contributed by atoms with Crippen LogP contribution in [-0.4, -0.2) is 42.2 Å². The van der Waals surface area contributed by atoms with Crippen LogP contribution in [0.5, 0.6) is 17.2 Å². The predicted octanol–water partition coefficient (Wildman–Crippen LogP) is 2.76. The van der Waals surface area contributed by atoms with E-state index in [0.29, 0.717) is 35.4 Å². The minimum absolute atomic E-state index is 0.211. The van der Waals surface area contributed by atoms with Crippen LogP contribution in [0.4, 0.5) is 11.6 Å². The number of carbonyl (C=O) groups excluding carboxylic acids is 1. The van der Waals surface area contributed by atoms with Gasteiger partial charge in [-0.2, -0.15) is 0 Å². The number of benzene rings is 1. The Morgan fingerprint density at radius 1 is 1.03 bits per heavy atom. The van der Waals surface area contributed by atoms with Crippen molar-refractivity contribution in [2.75, 3.05) is 32.0 Å². The fourth-order valence-electron chi connectivity index (χ4n) is 2.60. The highest BCUT2D eigenvalue weighted by molar-refractivity contribution is 6.03. The first-order valence-corrected chi connectivity index (χ1v) is 8.71. The van der Waals surface area contributed by atoms with Gasteiger partial charge in [-0.25, -0.2) is 9.97 Å². The molecule has 2 heterocycles. The highest BCUT2D eigenvalue weighted by atomic mass is 16.5. The topological polar surface area (TPSA) is 107 Å². The molecule has 1 amide bonds. The Morgan fingerprint density at radius 2 is 1.79 bits per heavy atom. The molecule has 29 heavy (non-hydrogen) atoms. The third-order valence-electron chi connectivity index (χ3n) is 3.98. The first kappa shape index (κ1) is 19.9. The van der Waals surface area contributed by atoms with E-state index in [0.717, 1.165) is 5.56 Å². The normalized spacial score (nSPS) is 10.2. The molecule has 0 radical (unpaired) electrons. The van der Waals surface area contributed by atoms with E-state index in [4.69, 9.17) is 14.2 Å². The number of amides is 1. The molecule has 9 heteroatoms. The van der Waals surface area contributed by atoms with Crippen molar-refractivity contribution in [1.82, 2.24) is 15.0 Å². The minimum Gasteiger partial charge on any atom is -0.493 e. The second kappa shape index (κ2) is 9.36.